The topological polar surface area (TPSA) is 64.0 Å². The van der Waals surface area contributed by atoms with Gasteiger partial charge in [0.15, 0.2) is 5.82 Å². The van der Waals surface area contributed by atoms with E-state index in [2.05, 4.69) is 26.8 Å². The summed E-state index contributed by atoms with van der Waals surface area (Å²) in [6.45, 7) is 3.47. The van der Waals surface area contributed by atoms with Crippen LogP contribution in [-0.4, -0.2) is 46.6 Å². The van der Waals surface area contributed by atoms with Crippen molar-refractivity contribution in [2.24, 2.45) is 5.92 Å². The predicted molar refractivity (Wildman–Crippen MR) is 99.2 cm³/mol. The van der Waals surface area contributed by atoms with E-state index in [1.165, 1.54) is 24.8 Å². The maximum absolute atomic E-state index is 5.66. The van der Waals surface area contributed by atoms with Crippen LogP contribution in [0.25, 0.3) is 5.82 Å². The Kier molecular flexibility index (Phi) is 6.42. The number of halogens is 1. The molecule has 0 aromatic carbocycles. The van der Waals surface area contributed by atoms with Gasteiger partial charge in [-0.25, -0.2) is 9.67 Å². The molecule has 0 radical (unpaired) electrons. The lowest BCUT2D eigenvalue weighted by atomic mass is 9.94. The zero-order chi connectivity index (χ0) is 16.2. The molecule has 0 bridgehead atoms. The summed E-state index contributed by atoms with van der Waals surface area (Å²) in [4.78, 5) is 4.50. The average molecular weight is 364 g/mol. The predicted octanol–water partition coefficient (Wildman–Crippen LogP) is 1.94. The third kappa shape index (κ3) is 4.20. The van der Waals surface area contributed by atoms with Crippen molar-refractivity contribution in [3.05, 3.63) is 42.4 Å². The molecule has 1 saturated heterocycles. The highest BCUT2D eigenvalue weighted by molar-refractivity contribution is 5.85. The van der Waals surface area contributed by atoms with E-state index in [-0.39, 0.29) is 12.4 Å². The normalized spacial score (nSPS) is 26.3. The summed E-state index contributed by atoms with van der Waals surface area (Å²) in [6, 6.07) is 7.07. The molecular formula is C18H26ClN5O. The van der Waals surface area contributed by atoms with Crippen LogP contribution in [0.3, 0.4) is 0 Å². The summed E-state index contributed by atoms with van der Waals surface area (Å²) in [6.07, 6.45) is 9.35. The van der Waals surface area contributed by atoms with Gasteiger partial charge in [0.2, 0.25) is 0 Å². The molecule has 0 spiro atoms. The van der Waals surface area contributed by atoms with Crippen LogP contribution in [0.1, 0.15) is 24.8 Å². The van der Waals surface area contributed by atoms with Crippen molar-refractivity contribution in [2.75, 3.05) is 19.8 Å². The first-order valence-electron chi connectivity index (χ1n) is 8.90. The molecular weight excluding hydrogens is 338 g/mol. The van der Waals surface area contributed by atoms with E-state index in [0.29, 0.717) is 18.0 Å². The third-order valence-electron chi connectivity index (χ3n) is 5.18. The Balaban J connectivity index is 0.00000182. The molecule has 6 nitrogen and oxygen atoms in total. The number of hydrogen-bond acceptors (Lipinski definition) is 5. The van der Waals surface area contributed by atoms with E-state index in [0.717, 1.165) is 32.1 Å². The molecule has 25 heavy (non-hydrogen) atoms. The molecule has 3 atom stereocenters. The Labute approximate surface area is 154 Å². The fraction of sp³-hybridized carbons (Fsp3) is 0.556. The van der Waals surface area contributed by atoms with Crippen LogP contribution >= 0.6 is 12.4 Å². The summed E-state index contributed by atoms with van der Waals surface area (Å²) in [5.74, 6) is 1.55. The van der Waals surface area contributed by atoms with E-state index in [1.54, 1.807) is 6.20 Å². The number of aromatic nitrogens is 3. The highest BCUT2D eigenvalue weighted by Crippen LogP contribution is 2.29. The Bertz CT molecular complexity index is 645. The van der Waals surface area contributed by atoms with Crippen molar-refractivity contribution in [3.63, 3.8) is 0 Å². The number of nitrogens with one attached hydrogen (secondary N) is 2. The molecule has 7 heteroatoms. The maximum Gasteiger partial charge on any atom is 0.157 e. The van der Waals surface area contributed by atoms with Gasteiger partial charge in [-0.05, 0) is 30.9 Å². The van der Waals surface area contributed by atoms with Crippen LogP contribution in [0.4, 0.5) is 0 Å². The van der Waals surface area contributed by atoms with Gasteiger partial charge in [0.1, 0.15) is 0 Å². The summed E-state index contributed by atoms with van der Waals surface area (Å²) in [5.41, 5.74) is 1.18. The van der Waals surface area contributed by atoms with Crippen molar-refractivity contribution in [3.8, 4) is 5.82 Å². The van der Waals surface area contributed by atoms with Crippen molar-refractivity contribution >= 4 is 12.4 Å². The molecule has 1 aliphatic heterocycles. The molecule has 2 aromatic rings. The number of pyridine rings is 1. The first-order chi connectivity index (χ1) is 11.9. The molecule has 1 aliphatic carbocycles. The van der Waals surface area contributed by atoms with E-state index < -0.39 is 0 Å². The van der Waals surface area contributed by atoms with E-state index in [9.17, 15) is 0 Å². The van der Waals surface area contributed by atoms with Crippen molar-refractivity contribution < 1.29 is 4.74 Å². The van der Waals surface area contributed by atoms with Crippen molar-refractivity contribution in [1.29, 1.82) is 0 Å². The lowest BCUT2D eigenvalue weighted by Gasteiger charge is -2.33. The van der Waals surface area contributed by atoms with Crippen LogP contribution in [0.5, 0.6) is 0 Å². The Morgan fingerprint density at radius 3 is 3.04 bits per heavy atom. The van der Waals surface area contributed by atoms with Crippen LogP contribution in [-0.2, 0) is 11.3 Å². The van der Waals surface area contributed by atoms with Gasteiger partial charge in [-0.3, -0.25) is 0 Å². The molecule has 4 rings (SSSR count). The van der Waals surface area contributed by atoms with Crippen molar-refractivity contribution in [2.45, 2.75) is 37.9 Å². The van der Waals surface area contributed by atoms with Crippen molar-refractivity contribution in [1.82, 2.24) is 25.4 Å². The SMILES string of the molecule is Cl.c1cnc(-n2cccn2)c(CNC2CCCC2C2COCCN2)c1. The van der Waals surface area contributed by atoms with Gasteiger partial charge in [0.25, 0.3) is 0 Å². The van der Waals surface area contributed by atoms with E-state index in [4.69, 9.17) is 4.74 Å². The number of ether oxygens (including phenoxy) is 1. The van der Waals surface area contributed by atoms with Crippen LogP contribution in [0.2, 0.25) is 0 Å². The first kappa shape index (κ1) is 18.3. The quantitative estimate of drug-likeness (QED) is 0.850. The van der Waals surface area contributed by atoms with Gasteiger partial charge in [0, 0.05) is 49.3 Å². The summed E-state index contributed by atoms with van der Waals surface area (Å²) in [5, 5.41) is 11.7. The minimum absolute atomic E-state index is 0. The number of nitrogens with zero attached hydrogens (tertiary/aromatic N) is 3. The Morgan fingerprint density at radius 2 is 2.24 bits per heavy atom. The minimum Gasteiger partial charge on any atom is -0.379 e. The second-order valence-corrected chi connectivity index (χ2v) is 6.65. The highest BCUT2D eigenvalue weighted by Gasteiger charge is 2.34. The average Bonchev–Trinajstić information content (AvgIpc) is 3.33. The number of morpholine rings is 1. The molecule has 136 valence electrons. The van der Waals surface area contributed by atoms with Gasteiger partial charge >= 0.3 is 0 Å². The lowest BCUT2D eigenvalue weighted by molar-refractivity contribution is 0.0524. The summed E-state index contributed by atoms with van der Waals surface area (Å²) < 4.78 is 7.49. The lowest BCUT2D eigenvalue weighted by Crippen LogP contribution is -2.50. The molecule has 0 amide bonds. The standard InChI is InChI=1S/C18H25N5O.ClH/c1-5-15(17-13-24-11-9-19-17)16(6-1)21-12-14-4-2-7-20-18(14)23-10-3-8-22-23;/h2-4,7-8,10,15-17,19,21H,1,5-6,9,11-13H2;1H. The molecule has 2 aliphatic rings. The number of hydrogen-bond donors (Lipinski definition) is 2. The molecule has 2 N–H and O–H groups in total. The second-order valence-electron chi connectivity index (χ2n) is 6.65. The Hall–Kier alpha value is -1.47. The molecule has 3 unspecified atom stereocenters. The van der Waals surface area contributed by atoms with E-state index >= 15 is 0 Å². The third-order valence-corrected chi connectivity index (χ3v) is 5.18. The molecule has 2 fully saturated rings. The van der Waals surface area contributed by atoms with Crippen LogP contribution in [0, 0.1) is 5.92 Å². The molecule has 3 heterocycles. The zero-order valence-corrected chi connectivity index (χ0v) is 15.1. The minimum atomic E-state index is 0. The summed E-state index contributed by atoms with van der Waals surface area (Å²) in [7, 11) is 0. The van der Waals surface area contributed by atoms with Crippen LogP contribution < -0.4 is 10.6 Å². The van der Waals surface area contributed by atoms with Gasteiger partial charge in [-0.15, -0.1) is 12.4 Å². The fourth-order valence-electron chi connectivity index (χ4n) is 3.99. The zero-order valence-electron chi connectivity index (χ0n) is 14.3. The highest BCUT2D eigenvalue weighted by atomic mass is 35.5. The Morgan fingerprint density at radius 1 is 1.28 bits per heavy atom. The first-order valence-corrected chi connectivity index (χ1v) is 8.90. The molecule has 1 saturated carbocycles. The fourth-order valence-corrected chi connectivity index (χ4v) is 3.99. The van der Waals surface area contributed by atoms with E-state index in [1.807, 2.05) is 29.2 Å². The molecule has 2 aromatic heterocycles. The van der Waals surface area contributed by atoms with Gasteiger partial charge in [0.05, 0.1) is 13.2 Å². The monoisotopic (exact) mass is 363 g/mol. The summed E-state index contributed by atoms with van der Waals surface area (Å²) >= 11 is 0. The maximum atomic E-state index is 5.66. The van der Waals surface area contributed by atoms with Crippen LogP contribution in [0.15, 0.2) is 36.8 Å². The van der Waals surface area contributed by atoms with Gasteiger partial charge in [-0.1, -0.05) is 12.5 Å². The smallest absolute Gasteiger partial charge is 0.157 e. The number of rotatable bonds is 5. The second kappa shape index (κ2) is 8.76. The van der Waals surface area contributed by atoms with Gasteiger partial charge in [-0.2, -0.15) is 5.10 Å². The van der Waals surface area contributed by atoms with Gasteiger partial charge < -0.3 is 15.4 Å². The largest absolute Gasteiger partial charge is 0.379 e.